The zero-order valence-electron chi connectivity index (χ0n) is 11.1. The highest BCUT2D eigenvalue weighted by molar-refractivity contribution is 4.94. The van der Waals surface area contributed by atoms with Crippen LogP contribution in [0.5, 0.6) is 0 Å². The van der Waals surface area contributed by atoms with Gasteiger partial charge in [-0.05, 0) is 44.6 Å². The van der Waals surface area contributed by atoms with E-state index in [1.807, 2.05) is 0 Å². The highest BCUT2D eigenvalue weighted by Crippen LogP contribution is 2.38. The summed E-state index contributed by atoms with van der Waals surface area (Å²) in [5.74, 6) is 0.0481. The van der Waals surface area contributed by atoms with Gasteiger partial charge in [-0.25, -0.2) is 0 Å². The molecule has 3 N–H and O–H groups in total. The molecule has 0 saturated heterocycles. The van der Waals surface area contributed by atoms with Gasteiger partial charge >= 0.3 is 6.18 Å². The summed E-state index contributed by atoms with van der Waals surface area (Å²) in [5, 5.41) is 10.3. The van der Waals surface area contributed by atoms with Gasteiger partial charge in [-0.3, -0.25) is 4.90 Å². The Morgan fingerprint density at radius 2 is 1.95 bits per heavy atom. The van der Waals surface area contributed by atoms with E-state index < -0.39 is 18.3 Å². The quantitative estimate of drug-likeness (QED) is 0.781. The molecular formula is C13H23F3N2O. The minimum absolute atomic E-state index is 0.0481. The van der Waals surface area contributed by atoms with Crippen LogP contribution in [0, 0.1) is 5.92 Å². The Morgan fingerprint density at radius 1 is 1.26 bits per heavy atom. The monoisotopic (exact) mass is 280 g/mol. The van der Waals surface area contributed by atoms with Gasteiger partial charge in [-0.15, -0.1) is 0 Å². The molecule has 0 amide bonds. The average molecular weight is 280 g/mol. The van der Waals surface area contributed by atoms with E-state index in [1.165, 1.54) is 4.90 Å². The fourth-order valence-electron chi connectivity index (χ4n) is 3.19. The first kappa shape index (κ1) is 15.1. The summed E-state index contributed by atoms with van der Waals surface area (Å²) in [4.78, 5) is 1.52. The Balaban J connectivity index is 1.85. The van der Waals surface area contributed by atoms with Gasteiger partial charge in [-0.2, -0.15) is 13.2 Å². The summed E-state index contributed by atoms with van der Waals surface area (Å²) < 4.78 is 37.5. The molecule has 6 heteroatoms. The number of halogens is 3. The van der Waals surface area contributed by atoms with Crippen LogP contribution in [0.2, 0.25) is 0 Å². The maximum absolute atomic E-state index is 12.5. The van der Waals surface area contributed by atoms with Crippen LogP contribution in [-0.2, 0) is 0 Å². The Morgan fingerprint density at radius 3 is 2.47 bits per heavy atom. The van der Waals surface area contributed by atoms with Gasteiger partial charge in [0.25, 0.3) is 0 Å². The maximum Gasteiger partial charge on any atom is 0.401 e. The molecule has 0 aliphatic heterocycles. The van der Waals surface area contributed by atoms with Crippen LogP contribution in [0.25, 0.3) is 0 Å². The predicted octanol–water partition coefficient (Wildman–Crippen LogP) is 1.89. The second kappa shape index (κ2) is 5.58. The summed E-state index contributed by atoms with van der Waals surface area (Å²) in [6, 6.07) is 0.0917. The van der Waals surface area contributed by atoms with Crippen LogP contribution in [0.1, 0.15) is 38.5 Å². The first-order valence-corrected chi connectivity index (χ1v) is 7.07. The smallest absolute Gasteiger partial charge is 0.388 e. The molecule has 2 fully saturated rings. The molecule has 0 bridgehead atoms. The summed E-state index contributed by atoms with van der Waals surface area (Å²) in [6.45, 7) is -0.205. The van der Waals surface area contributed by atoms with Gasteiger partial charge in [-0.1, -0.05) is 6.42 Å². The fraction of sp³-hybridized carbons (Fsp3) is 1.00. The van der Waals surface area contributed by atoms with Crippen molar-refractivity contribution in [2.75, 3.05) is 19.6 Å². The van der Waals surface area contributed by atoms with Crippen molar-refractivity contribution in [3.63, 3.8) is 0 Å². The van der Waals surface area contributed by atoms with Gasteiger partial charge in [0, 0.05) is 12.6 Å². The Bertz CT molecular complexity index is 307. The summed E-state index contributed by atoms with van der Waals surface area (Å²) >= 11 is 0. The zero-order valence-corrected chi connectivity index (χ0v) is 11.1. The van der Waals surface area contributed by atoms with E-state index in [0.29, 0.717) is 19.4 Å². The highest BCUT2D eigenvalue weighted by atomic mass is 19.4. The molecule has 0 heterocycles. The van der Waals surface area contributed by atoms with E-state index in [2.05, 4.69) is 0 Å². The lowest BCUT2D eigenvalue weighted by molar-refractivity contribution is -0.148. The number of nitrogens with two attached hydrogens (primary N) is 1. The summed E-state index contributed by atoms with van der Waals surface area (Å²) in [5.41, 5.74) is 4.74. The molecule has 2 aliphatic rings. The lowest BCUT2D eigenvalue weighted by Crippen LogP contribution is -2.43. The van der Waals surface area contributed by atoms with Crippen LogP contribution < -0.4 is 5.73 Å². The second-order valence-corrected chi connectivity index (χ2v) is 6.00. The lowest BCUT2D eigenvalue weighted by atomic mass is 9.88. The number of nitrogens with zero attached hydrogens (tertiary/aromatic N) is 1. The number of aliphatic hydroxyl groups is 1. The van der Waals surface area contributed by atoms with E-state index >= 15 is 0 Å². The van der Waals surface area contributed by atoms with Crippen molar-refractivity contribution in [2.24, 2.45) is 11.7 Å². The Kier molecular flexibility index (Phi) is 4.42. The molecule has 0 aromatic carbocycles. The molecule has 2 saturated carbocycles. The molecular weight excluding hydrogens is 257 g/mol. The standard InChI is InChI=1S/C13H23F3N2O/c14-13(15,16)9-18(11-3-4-11)7-5-10-2-1-6-12(10,19)8-17/h10-11,19H,1-9,17H2. The fourth-order valence-corrected chi connectivity index (χ4v) is 3.19. The molecule has 0 radical (unpaired) electrons. The average Bonchev–Trinajstić information content (AvgIpc) is 3.08. The van der Waals surface area contributed by atoms with Crippen molar-refractivity contribution in [1.82, 2.24) is 4.90 Å². The van der Waals surface area contributed by atoms with Crippen molar-refractivity contribution in [2.45, 2.75) is 56.3 Å². The van der Waals surface area contributed by atoms with Crippen molar-refractivity contribution in [3.05, 3.63) is 0 Å². The zero-order chi connectivity index (χ0) is 14.1. The molecule has 19 heavy (non-hydrogen) atoms. The van der Waals surface area contributed by atoms with Gasteiger partial charge in [0.2, 0.25) is 0 Å². The van der Waals surface area contributed by atoms with Gasteiger partial charge in [0.1, 0.15) is 0 Å². The van der Waals surface area contributed by atoms with Gasteiger partial charge < -0.3 is 10.8 Å². The van der Waals surface area contributed by atoms with E-state index in [9.17, 15) is 18.3 Å². The summed E-state index contributed by atoms with van der Waals surface area (Å²) in [6.07, 6.45) is 0.669. The molecule has 2 aliphatic carbocycles. The maximum atomic E-state index is 12.5. The van der Waals surface area contributed by atoms with E-state index in [1.54, 1.807) is 0 Å². The van der Waals surface area contributed by atoms with Crippen LogP contribution in [0.4, 0.5) is 13.2 Å². The number of rotatable bonds is 6. The molecule has 2 atom stereocenters. The third-order valence-corrected chi connectivity index (χ3v) is 4.49. The first-order valence-electron chi connectivity index (χ1n) is 7.07. The molecule has 2 unspecified atom stereocenters. The Hall–Kier alpha value is -0.330. The van der Waals surface area contributed by atoms with Crippen LogP contribution in [0.3, 0.4) is 0 Å². The second-order valence-electron chi connectivity index (χ2n) is 6.00. The molecule has 0 spiro atoms. The van der Waals surface area contributed by atoms with E-state index in [0.717, 1.165) is 25.7 Å². The topological polar surface area (TPSA) is 49.5 Å². The van der Waals surface area contributed by atoms with Gasteiger partial charge in [0.05, 0.1) is 12.1 Å². The molecule has 0 aromatic heterocycles. The van der Waals surface area contributed by atoms with E-state index in [4.69, 9.17) is 5.73 Å². The first-order chi connectivity index (χ1) is 8.84. The largest absolute Gasteiger partial charge is 0.401 e. The van der Waals surface area contributed by atoms with Crippen molar-refractivity contribution < 1.29 is 18.3 Å². The van der Waals surface area contributed by atoms with Crippen LogP contribution in [-0.4, -0.2) is 47.5 Å². The highest BCUT2D eigenvalue weighted by Gasteiger charge is 2.42. The van der Waals surface area contributed by atoms with Crippen LogP contribution >= 0.6 is 0 Å². The number of hydrogen-bond donors (Lipinski definition) is 2. The van der Waals surface area contributed by atoms with Crippen molar-refractivity contribution >= 4 is 0 Å². The normalized spacial score (nSPS) is 32.2. The molecule has 3 nitrogen and oxygen atoms in total. The molecule has 112 valence electrons. The number of hydrogen-bond acceptors (Lipinski definition) is 3. The SMILES string of the molecule is NCC1(O)CCCC1CCN(CC(F)(F)F)C1CC1. The minimum Gasteiger partial charge on any atom is -0.388 e. The third kappa shape index (κ3) is 4.07. The van der Waals surface area contributed by atoms with E-state index in [-0.39, 0.29) is 18.5 Å². The third-order valence-electron chi connectivity index (χ3n) is 4.49. The summed E-state index contributed by atoms with van der Waals surface area (Å²) in [7, 11) is 0. The molecule has 0 aromatic rings. The molecule has 2 rings (SSSR count). The van der Waals surface area contributed by atoms with Crippen molar-refractivity contribution in [3.8, 4) is 0 Å². The van der Waals surface area contributed by atoms with Crippen LogP contribution in [0.15, 0.2) is 0 Å². The van der Waals surface area contributed by atoms with Gasteiger partial charge in [0.15, 0.2) is 0 Å². The lowest BCUT2D eigenvalue weighted by Gasteiger charge is -2.31. The number of alkyl halides is 3. The Labute approximate surface area is 111 Å². The predicted molar refractivity (Wildman–Crippen MR) is 66.6 cm³/mol. The van der Waals surface area contributed by atoms with Crippen molar-refractivity contribution in [1.29, 1.82) is 0 Å². The minimum atomic E-state index is -4.14.